The standard InChI is InChI=1S/C38H37F3O3S.C22H21F3O5S.C11H16.BCl3/c1-3-30-22-34(42-23-26-12-6-4-7-13-26)37(43-24-27-14-8-5-9-15-27)36(44-30)32-21-29(33(18-25(32)2)38(39,40)41)20-31-19-28-16-10-11-17-35(28)45-31;23-22(24,25)16-9-17(27)15(21-20(29)18(28)8-13(10-26)30-21)7-12(16)6-14-5-11-3-1-2-4-19(11)31-14;1-7-6-8(2)10(4)11(5)9(7)3;2-1(3)4/h4-19,21,30,34,36-37H,3,20,22-24H2,1-2H3;1-5,7,9,13,18,20-21,26-29H,6,8,10H2;6H,1-5H3;/t30-,34+,36+,37-;13-,18-,20+,21-;;/m10../s1. The molecule has 2 fully saturated rings. The number of hydrogen-bond acceptors (Lipinski definition) is 10. The summed E-state index contributed by atoms with van der Waals surface area (Å²) in [4.78, 5) is 0.843. The Bertz CT molecular complexity index is 3740. The molecule has 0 bridgehead atoms. The summed E-state index contributed by atoms with van der Waals surface area (Å²) in [5.41, 5.74) is 8.94. The van der Waals surface area contributed by atoms with E-state index in [0.29, 0.717) is 41.7 Å². The zero-order chi connectivity index (χ0) is 65.9. The van der Waals surface area contributed by atoms with Crippen molar-refractivity contribution in [2.45, 2.75) is 155 Å². The molecule has 2 aliphatic heterocycles. The number of alkyl halides is 6. The summed E-state index contributed by atoms with van der Waals surface area (Å²) in [5.74, 6) is -0.692. The van der Waals surface area contributed by atoms with Crippen molar-refractivity contribution in [3.8, 4) is 5.75 Å². The summed E-state index contributed by atoms with van der Waals surface area (Å²) in [6, 6.07) is 46.1. The first-order valence-corrected chi connectivity index (χ1v) is 32.8. The largest absolute Gasteiger partial charge is 0.508 e. The predicted molar refractivity (Wildman–Crippen MR) is 356 cm³/mol. The van der Waals surface area contributed by atoms with Crippen LogP contribution in [0, 0.1) is 41.5 Å². The smallest absolute Gasteiger partial charge is 0.450 e. The molecule has 11 rings (SSSR count). The van der Waals surface area contributed by atoms with Gasteiger partial charge in [-0.3, -0.25) is 0 Å². The van der Waals surface area contributed by atoms with Gasteiger partial charge in [0.25, 0.3) is 0 Å². The van der Waals surface area contributed by atoms with Crippen molar-refractivity contribution in [2.24, 2.45) is 0 Å². The first-order chi connectivity index (χ1) is 43.2. The van der Waals surface area contributed by atoms with E-state index in [2.05, 4.69) is 47.6 Å². The van der Waals surface area contributed by atoms with Crippen molar-refractivity contribution in [3.05, 3.63) is 239 Å². The maximum Gasteiger partial charge on any atom is 0.450 e. The van der Waals surface area contributed by atoms with Gasteiger partial charge >= 0.3 is 17.3 Å². The van der Waals surface area contributed by atoms with E-state index < -0.39 is 77.4 Å². The van der Waals surface area contributed by atoms with E-state index in [4.69, 9.17) is 53.3 Å². The van der Waals surface area contributed by atoms with E-state index >= 15 is 0 Å². The van der Waals surface area contributed by atoms with Gasteiger partial charge in [-0.1, -0.05) is 116 Å². The summed E-state index contributed by atoms with van der Waals surface area (Å²) < 4.78 is 112. The lowest BCUT2D eigenvalue weighted by Gasteiger charge is -2.42. The van der Waals surface area contributed by atoms with Crippen LogP contribution in [0.15, 0.2) is 152 Å². The normalized spacial score (nSPS) is 20.0. The lowest BCUT2D eigenvalue weighted by atomic mass is 9.87. The Morgan fingerprint density at radius 1 is 0.549 bits per heavy atom. The number of aromatic hydroxyl groups is 1. The molecule has 484 valence electrons. The third-order valence-electron chi connectivity index (χ3n) is 16.7. The van der Waals surface area contributed by atoms with Crippen molar-refractivity contribution in [3.63, 3.8) is 0 Å². The molecule has 91 heavy (non-hydrogen) atoms. The monoisotopic (exact) mass is 1350 g/mol. The average Bonchev–Trinajstić information content (AvgIpc) is 1.28. The van der Waals surface area contributed by atoms with E-state index in [1.807, 2.05) is 121 Å². The number of aliphatic hydroxyl groups excluding tert-OH is 3. The summed E-state index contributed by atoms with van der Waals surface area (Å²) in [7, 11) is 0. The van der Waals surface area contributed by atoms with Gasteiger partial charge in [-0.15, -0.1) is 22.7 Å². The van der Waals surface area contributed by atoms with Crippen molar-refractivity contribution in [2.75, 3.05) is 6.61 Å². The van der Waals surface area contributed by atoms with Gasteiger partial charge in [-0.05, 0) is 162 Å². The van der Waals surface area contributed by atoms with Crippen molar-refractivity contribution >= 4 is 82.2 Å². The van der Waals surface area contributed by atoms with Crippen LogP contribution in [0.1, 0.15) is 126 Å². The SMILES string of the molecule is CC[C@@H]1C[C@H](OCc2ccccc2)[C@@H](OCc2ccccc2)[C@H](c2cc(Cc3cc4ccccc4s3)c(C(F)(F)F)cc2C)O1.Cc1cc(C)c(C)c(C)c1C.ClB(Cl)Cl.OC[C@@H]1C[C@H](O)[C@@H](O)[C@H](c2cc(Cc3cc4ccccc4s3)c(C(F)(F)F)cc2O)O1. The molecule has 0 amide bonds. The zero-order valence-electron chi connectivity index (χ0n) is 51.4. The molecule has 2 aliphatic rings. The Kier molecular flexibility index (Phi) is 25.2. The average molecular weight is 1350 g/mol. The number of ether oxygens (including phenoxy) is 4. The van der Waals surface area contributed by atoms with Gasteiger partial charge in [0.15, 0.2) is 0 Å². The predicted octanol–water partition coefficient (Wildman–Crippen LogP) is 18.9. The maximum atomic E-state index is 14.5. The molecule has 0 spiro atoms. The highest BCUT2D eigenvalue weighted by molar-refractivity contribution is 7.54. The Labute approximate surface area is 551 Å². The van der Waals surface area contributed by atoms with Gasteiger partial charge in [0.2, 0.25) is 0 Å². The number of fused-ring (bicyclic) bond motifs is 2. The lowest BCUT2D eigenvalue weighted by molar-refractivity contribution is -0.211. The molecule has 0 unspecified atom stereocenters. The molecule has 2 aromatic heterocycles. The first kappa shape index (κ1) is 71.3. The number of thiophene rings is 2. The number of rotatable bonds is 14. The van der Waals surface area contributed by atoms with Gasteiger partial charge in [-0.25, -0.2) is 0 Å². The lowest BCUT2D eigenvalue weighted by Crippen LogP contribution is -2.46. The molecule has 4 N–H and O–H groups in total. The molecule has 20 heteroatoms. The second kappa shape index (κ2) is 32.1. The van der Waals surface area contributed by atoms with Crippen LogP contribution < -0.4 is 0 Å². The van der Waals surface area contributed by atoms with Gasteiger partial charge in [0, 0.05) is 50.4 Å². The molecular weight excluding hydrogens is 1280 g/mol. The Hall–Kier alpha value is -5.51. The molecule has 0 saturated carbocycles. The van der Waals surface area contributed by atoms with Crippen molar-refractivity contribution < 1.29 is 65.7 Å². The highest BCUT2D eigenvalue weighted by Crippen LogP contribution is 2.45. The van der Waals surface area contributed by atoms with E-state index in [0.717, 1.165) is 42.6 Å². The summed E-state index contributed by atoms with van der Waals surface area (Å²) in [6.45, 7) is 15.0. The summed E-state index contributed by atoms with van der Waals surface area (Å²) >= 11 is 17.3. The van der Waals surface area contributed by atoms with Crippen molar-refractivity contribution in [1.29, 1.82) is 0 Å². The van der Waals surface area contributed by atoms with Crippen LogP contribution in [0.5, 0.6) is 5.75 Å². The van der Waals surface area contributed by atoms with Gasteiger partial charge < -0.3 is 39.4 Å². The Balaban J connectivity index is 0.000000199. The second-order valence-corrected chi connectivity index (χ2v) is 27.3. The second-order valence-electron chi connectivity index (χ2n) is 23.0. The third-order valence-corrected chi connectivity index (χ3v) is 18.9. The molecule has 0 radical (unpaired) electrons. The van der Waals surface area contributed by atoms with Crippen LogP contribution >= 0.6 is 57.1 Å². The molecule has 2 saturated heterocycles. The highest BCUT2D eigenvalue weighted by Gasteiger charge is 2.44. The quantitative estimate of drug-likeness (QED) is 0.0628. The minimum Gasteiger partial charge on any atom is -0.508 e. The van der Waals surface area contributed by atoms with Crippen molar-refractivity contribution in [1.82, 2.24) is 0 Å². The number of benzene rings is 7. The molecule has 0 aliphatic carbocycles. The number of phenolic OH excluding ortho intramolecular Hbond substituents is 1. The fourth-order valence-corrected chi connectivity index (χ4v) is 13.7. The Morgan fingerprint density at radius 2 is 1.01 bits per heavy atom. The van der Waals surface area contributed by atoms with Crippen LogP contribution in [0.4, 0.5) is 26.3 Å². The molecule has 4 heterocycles. The summed E-state index contributed by atoms with van der Waals surface area (Å²) in [5, 5.41) is 42.1. The van der Waals surface area contributed by atoms with E-state index in [-0.39, 0.29) is 48.2 Å². The number of hydrogen-bond donors (Lipinski definition) is 4. The molecule has 8 nitrogen and oxygen atoms in total. The fourth-order valence-electron chi connectivity index (χ4n) is 11.5. The Morgan fingerprint density at radius 3 is 1.49 bits per heavy atom. The molecule has 8 atom stereocenters. The van der Waals surface area contributed by atoms with Crippen LogP contribution in [0.25, 0.3) is 20.2 Å². The topological polar surface area (TPSA) is 118 Å². The maximum absolute atomic E-state index is 14.5. The number of aliphatic hydroxyl groups is 3. The van der Waals surface area contributed by atoms with Gasteiger partial charge in [0.1, 0.15) is 30.2 Å². The highest BCUT2D eigenvalue weighted by atomic mass is 35.6. The molecule has 9 aromatic rings. The van der Waals surface area contributed by atoms with Gasteiger partial charge in [0.05, 0.1) is 55.4 Å². The van der Waals surface area contributed by atoms with Crippen LogP contribution in [-0.2, 0) is 57.4 Å². The summed E-state index contributed by atoms with van der Waals surface area (Å²) in [6.07, 6.45) is -14.0. The van der Waals surface area contributed by atoms with E-state index in [1.54, 1.807) is 13.0 Å². The fraction of sp³-hybridized carbons (Fsp3) is 0.352. The van der Waals surface area contributed by atoms with Crippen LogP contribution in [0.3, 0.4) is 0 Å². The van der Waals surface area contributed by atoms with Gasteiger partial charge in [-0.2, -0.15) is 60.7 Å². The number of phenols is 1. The minimum absolute atomic E-state index is 0.0236. The minimum atomic E-state index is -4.69. The number of aryl methyl sites for hydroxylation is 3. The molecule has 7 aromatic carbocycles. The first-order valence-electron chi connectivity index (χ1n) is 29.9. The number of halogens is 9. The third kappa shape index (κ3) is 18.9. The zero-order valence-corrected chi connectivity index (χ0v) is 55.3. The van der Waals surface area contributed by atoms with Crippen LogP contribution in [0.2, 0.25) is 0 Å². The molecular formula is C71H74BCl3F6O8S2. The van der Waals surface area contributed by atoms with E-state index in [9.17, 15) is 46.8 Å². The van der Waals surface area contributed by atoms with E-state index in [1.165, 1.54) is 62.6 Å². The van der Waals surface area contributed by atoms with Crippen LogP contribution in [-0.4, -0.2) is 68.6 Å².